The molecule has 0 saturated heterocycles. The fraction of sp³-hybridized carbons (Fsp3) is 0.320. The van der Waals surface area contributed by atoms with Crippen molar-refractivity contribution in [3.63, 3.8) is 0 Å². The molecular formula is C25H28O6. The van der Waals surface area contributed by atoms with E-state index in [1.54, 1.807) is 6.26 Å². The van der Waals surface area contributed by atoms with Gasteiger partial charge in [-0.1, -0.05) is 13.8 Å². The summed E-state index contributed by atoms with van der Waals surface area (Å²) >= 11 is 0. The van der Waals surface area contributed by atoms with Gasteiger partial charge < -0.3 is 22.4 Å². The molecule has 0 amide bonds. The van der Waals surface area contributed by atoms with Crippen LogP contribution in [0.4, 0.5) is 0 Å². The van der Waals surface area contributed by atoms with Crippen LogP contribution >= 0.6 is 0 Å². The van der Waals surface area contributed by atoms with Crippen molar-refractivity contribution in [1.29, 1.82) is 0 Å². The zero-order valence-corrected chi connectivity index (χ0v) is 18.3. The maximum Gasteiger partial charge on any atom is 0.303 e. The number of ether oxygens (including phenoxy) is 1. The van der Waals surface area contributed by atoms with Crippen LogP contribution < -0.4 is 0 Å². The number of furan rings is 4. The van der Waals surface area contributed by atoms with Crippen molar-refractivity contribution in [3.8, 4) is 0 Å². The van der Waals surface area contributed by atoms with Crippen LogP contribution in [0.25, 0.3) is 0 Å². The lowest BCUT2D eigenvalue weighted by atomic mass is 9.98. The Balaban J connectivity index is 0.00000132. The van der Waals surface area contributed by atoms with Crippen molar-refractivity contribution in [2.75, 3.05) is 0 Å². The second-order valence-electron chi connectivity index (χ2n) is 6.91. The van der Waals surface area contributed by atoms with E-state index in [-0.39, 0.29) is 18.5 Å². The molecule has 4 aromatic rings. The Hall–Kier alpha value is -3.41. The number of rotatable bonds is 8. The number of carbonyl (C=O) groups excluding carboxylic acids is 1. The molecule has 0 saturated carbocycles. The number of aryl methyl sites for hydroxylation is 1. The monoisotopic (exact) mass is 424 g/mol. The highest BCUT2D eigenvalue weighted by Crippen LogP contribution is 2.32. The summed E-state index contributed by atoms with van der Waals surface area (Å²) in [5.41, 5.74) is 0. The first-order valence-electron chi connectivity index (χ1n) is 10.4. The average molecular weight is 424 g/mol. The lowest BCUT2D eigenvalue weighted by molar-refractivity contribution is -0.142. The van der Waals surface area contributed by atoms with E-state index in [4.69, 9.17) is 22.4 Å². The van der Waals surface area contributed by atoms with Crippen LogP contribution in [0.5, 0.6) is 0 Å². The number of hydrogen-bond acceptors (Lipinski definition) is 6. The lowest BCUT2D eigenvalue weighted by Crippen LogP contribution is -2.03. The Bertz CT molecular complexity index is 1060. The van der Waals surface area contributed by atoms with Gasteiger partial charge in [0.2, 0.25) is 0 Å². The molecule has 0 aliphatic rings. The predicted octanol–water partition coefficient (Wildman–Crippen LogP) is 6.42. The highest BCUT2D eigenvalue weighted by Gasteiger charge is 2.24. The third-order valence-electron chi connectivity index (χ3n) is 4.60. The van der Waals surface area contributed by atoms with Gasteiger partial charge in [-0.15, -0.1) is 0 Å². The van der Waals surface area contributed by atoms with Crippen LogP contribution in [0.2, 0.25) is 0 Å². The summed E-state index contributed by atoms with van der Waals surface area (Å²) in [6, 6.07) is 15.3. The van der Waals surface area contributed by atoms with E-state index in [1.165, 1.54) is 6.92 Å². The molecule has 1 atom stereocenters. The summed E-state index contributed by atoms with van der Waals surface area (Å²) in [6.07, 6.45) is 2.81. The molecule has 4 aromatic heterocycles. The maximum atomic E-state index is 11.0. The van der Waals surface area contributed by atoms with Gasteiger partial charge in [-0.25, -0.2) is 0 Å². The average Bonchev–Trinajstić information content (AvgIpc) is 3.55. The largest absolute Gasteiger partial charge is 0.469 e. The van der Waals surface area contributed by atoms with Crippen molar-refractivity contribution >= 4 is 5.97 Å². The zero-order valence-electron chi connectivity index (χ0n) is 18.3. The molecule has 31 heavy (non-hydrogen) atoms. The third-order valence-corrected chi connectivity index (χ3v) is 4.60. The summed E-state index contributed by atoms with van der Waals surface area (Å²) in [6.45, 7) is 7.39. The van der Waals surface area contributed by atoms with Gasteiger partial charge in [0.1, 0.15) is 46.9 Å². The summed E-state index contributed by atoms with van der Waals surface area (Å²) in [5, 5.41) is 0. The van der Waals surface area contributed by atoms with Crippen LogP contribution in [-0.2, 0) is 29.0 Å². The Kier molecular flexibility index (Phi) is 7.60. The SMILES string of the molecule is CC.CC(=O)OCc1ccc(C(Cc2ccco2)c2ccc(Cc3ccc(C)o3)o2)o1. The first kappa shape index (κ1) is 22.3. The second-order valence-corrected chi connectivity index (χ2v) is 6.91. The molecule has 0 N–H and O–H groups in total. The molecule has 0 aliphatic heterocycles. The normalized spacial score (nSPS) is 11.6. The van der Waals surface area contributed by atoms with Crippen molar-refractivity contribution in [3.05, 3.63) is 95.1 Å². The molecule has 4 heterocycles. The van der Waals surface area contributed by atoms with Gasteiger partial charge in [0.25, 0.3) is 0 Å². The van der Waals surface area contributed by atoms with E-state index in [9.17, 15) is 4.79 Å². The molecule has 0 aromatic carbocycles. The molecule has 0 radical (unpaired) electrons. The molecule has 0 fully saturated rings. The van der Waals surface area contributed by atoms with Crippen molar-refractivity contribution in [2.45, 2.75) is 53.1 Å². The highest BCUT2D eigenvalue weighted by molar-refractivity contribution is 5.65. The lowest BCUT2D eigenvalue weighted by Gasteiger charge is -2.11. The molecule has 1 unspecified atom stereocenters. The number of hydrogen-bond donors (Lipinski definition) is 0. The van der Waals surface area contributed by atoms with Crippen LogP contribution in [0.15, 0.2) is 72.5 Å². The number of carbonyl (C=O) groups is 1. The zero-order chi connectivity index (χ0) is 22.2. The van der Waals surface area contributed by atoms with Gasteiger partial charge in [0.05, 0.1) is 18.6 Å². The Labute approximate surface area is 181 Å². The molecular weight excluding hydrogens is 396 g/mol. The minimum absolute atomic E-state index is 0.101. The minimum atomic E-state index is -0.348. The van der Waals surface area contributed by atoms with Crippen molar-refractivity contribution < 1.29 is 27.2 Å². The third kappa shape index (κ3) is 6.04. The smallest absolute Gasteiger partial charge is 0.303 e. The fourth-order valence-corrected chi connectivity index (χ4v) is 3.23. The van der Waals surface area contributed by atoms with Crippen LogP contribution in [-0.4, -0.2) is 5.97 Å². The Morgan fingerprint density at radius 3 is 2.13 bits per heavy atom. The van der Waals surface area contributed by atoms with Gasteiger partial charge >= 0.3 is 5.97 Å². The molecule has 0 aliphatic carbocycles. The molecule has 6 heteroatoms. The molecule has 0 bridgehead atoms. The van der Waals surface area contributed by atoms with Crippen molar-refractivity contribution in [2.24, 2.45) is 0 Å². The number of esters is 1. The minimum Gasteiger partial charge on any atom is -0.469 e. The predicted molar refractivity (Wildman–Crippen MR) is 115 cm³/mol. The highest BCUT2D eigenvalue weighted by atomic mass is 16.5. The van der Waals surface area contributed by atoms with Gasteiger partial charge in [0, 0.05) is 13.3 Å². The Morgan fingerprint density at radius 1 is 0.871 bits per heavy atom. The van der Waals surface area contributed by atoms with E-state index in [1.807, 2.05) is 69.3 Å². The summed E-state index contributed by atoms with van der Waals surface area (Å²) < 4.78 is 28.2. The van der Waals surface area contributed by atoms with Crippen molar-refractivity contribution in [1.82, 2.24) is 0 Å². The van der Waals surface area contributed by atoms with Crippen LogP contribution in [0, 0.1) is 6.92 Å². The topological polar surface area (TPSA) is 78.9 Å². The molecule has 164 valence electrons. The molecule has 4 rings (SSSR count). The first-order valence-corrected chi connectivity index (χ1v) is 10.4. The second kappa shape index (κ2) is 10.6. The summed E-state index contributed by atoms with van der Waals surface area (Å²) in [5.74, 6) is 4.92. The van der Waals surface area contributed by atoms with Gasteiger partial charge in [0.15, 0.2) is 0 Å². The molecule has 6 nitrogen and oxygen atoms in total. The van der Waals surface area contributed by atoms with E-state index >= 15 is 0 Å². The quantitative estimate of drug-likeness (QED) is 0.304. The van der Waals surface area contributed by atoms with Crippen LogP contribution in [0.3, 0.4) is 0 Å². The molecule has 0 spiro atoms. The Morgan fingerprint density at radius 2 is 1.52 bits per heavy atom. The van der Waals surface area contributed by atoms with Gasteiger partial charge in [-0.3, -0.25) is 4.79 Å². The van der Waals surface area contributed by atoms with Crippen LogP contribution in [0.1, 0.15) is 67.0 Å². The van der Waals surface area contributed by atoms with E-state index < -0.39 is 0 Å². The fourth-order valence-electron chi connectivity index (χ4n) is 3.23. The van der Waals surface area contributed by atoms with E-state index in [0.717, 1.165) is 34.6 Å². The summed E-state index contributed by atoms with van der Waals surface area (Å²) in [7, 11) is 0. The maximum absolute atomic E-state index is 11.0. The van der Waals surface area contributed by atoms with Gasteiger partial charge in [-0.05, 0) is 55.5 Å². The van der Waals surface area contributed by atoms with E-state index in [0.29, 0.717) is 18.6 Å². The van der Waals surface area contributed by atoms with Gasteiger partial charge in [-0.2, -0.15) is 0 Å². The van der Waals surface area contributed by atoms with E-state index in [2.05, 4.69) is 0 Å². The first-order chi connectivity index (χ1) is 15.1. The standard InChI is InChI=1S/C23H22O6.C2H6/c1-15-5-6-18(27-15)12-19-7-9-22(28-19)21(13-17-4-3-11-25-17)23-10-8-20(29-23)14-26-16(2)24;1-2/h3-11,21H,12-14H2,1-2H3;1-2H3. The summed E-state index contributed by atoms with van der Waals surface area (Å²) in [4.78, 5) is 11.0.